The zero-order valence-electron chi connectivity index (χ0n) is 27.1. The van der Waals surface area contributed by atoms with E-state index in [-0.39, 0.29) is 36.5 Å². The molecular weight excluding hydrogens is 623 g/mol. The minimum absolute atomic E-state index is 0.0105. The number of piperazine rings is 1. The highest BCUT2D eigenvalue weighted by Crippen LogP contribution is 2.37. The molecule has 3 aromatic rings. The average Bonchev–Trinajstić information content (AvgIpc) is 3.93. The van der Waals surface area contributed by atoms with Gasteiger partial charge >= 0.3 is 0 Å². The Morgan fingerprint density at radius 1 is 0.938 bits per heavy atom. The summed E-state index contributed by atoms with van der Waals surface area (Å²) in [5.41, 5.74) is 3.59. The predicted octanol–water partition coefficient (Wildman–Crippen LogP) is 5.54. The van der Waals surface area contributed by atoms with Crippen molar-refractivity contribution in [2.24, 2.45) is 0 Å². The molecular formula is C37H40F3N3O5. The van der Waals surface area contributed by atoms with Crippen LogP contribution in [0.5, 0.6) is 17.2 Å². The zero-order chi connectivity index (χ0) is 33.8. The second-order valence-corrected chi connectivity index (χ2v) is 12.5. The molecule has 8 nitrogen and oxygen atoms in total. The molecule has 1 aliphatic carbocycles. The molecule has 1 saturated heterocycles. The van der Waals surface area contributed by atoms with Crippen molar-refractivity contribution in [2.75, 3.05) is 40.0 Å². The van der Waals surface area contributed by atoms with Crippen LogP contribution in [0.15, 0.2) is 66.2 Å². The molecule has 1 saturated carbocycles. The molecule has 0 aromatic heterocycles. The first-order valence-electron chi connectivity index (χ1n) is 16.4. The molecule has 2 atom stereocenters. The van der Waals surface area contributed by atoms with Crippen molar-refractivity contribution in [3.8, 4) is 17.2 Å². The fourth-order valence-electron chi connectivity index (χ4n) is 6.53. The largest absolute Gasteiger partial charge is 0.497 e. The Morgan fingerprint density at radius 3 is 2.42 bits per heavy atom. The number of carbonyl (C=O) groups excluding carboxylic acids is 2. The van der Waals surface area contributed by atoms with Crippen LogP contribution >= 0.6 is 0 Å². The predicted molar refractivity (Wildman–Crippen MR) is 174 cm³/mol. The van der Waals surface area contributed by atoms with E-state index >= 15 is 0 Å². The van der Waals surface area contributed by atoms with Crippen LogP contribution in [0.2, 0.25) is 0 Å². The van der Waals surface area contributed by atoms with E-state index in [1.807, 2.05) is 58.3 Å². The van der Waals surface area contributed by atoms with E-state index in [0.717, 1.165) is 41.7 Å². The van der Waals surface area contributed by atoms with Gasteiger partial charge in [0.2, 0.25) is 11.7 Å². The van der Waals surface area contributed by atoms with Crippen molar-refractivity contribution >= 4 is 17.4 Å². The van der Waals surface area contributed by atoms with Crippen LogP contribution in [0, 0.1) is 17.5 Å². The number of aryl methyl sites for hydroxylation is 1. The van der Waals surface area contributed by atoms with Gasteiger partial charge < -0.3 is 29.3 Å². The molecule has 11 heteroatoms. The van der Waals surface area contributed by atoms with E-state index in [0.29, 0.717) is 62.6 Å². The van der Waals surface area contributed by atoms with Gasteiger partial charge in [0.1, 0.15) is 18.1 Å². The number of nitrogens with zero attached hydrogens (tertiary/aromatic N) is 2. The number of amides is 2. The Hall–Kier alpha value is -4.51. The van der Waals surface area contributed by atoms with E-state index in [1.54, 1.807) is 14.0 Å². The number of carbonyl (C=O) groups is 2. The molecule has 3 aliphatic rings. The van der Waals surface area contributed by atoms with E-state index in [1.165, 1.54) is 0 Å². The maximum Gasteiger partial charge on any atom is 0.252 e. The molecule has 0 radical (unpaired) electrons. The number of hydrogen-bond acceptors (Lipinski definition) is 6. The highest BCUT2D eigenvalue weighted by Gasteiger charge is 2.42. The average molecular weight is 664 g/mol. The fraction of sp³-hybridized carbons (Fsp3) is 0.405. The van der Waals surface area contributed by atoms with Crippen LogP contribution in [0.3, 0.4) is 0 Å². The standard InChI is InChI=1S/C37H40F3N3O5/c1-23(44)42-21-26-19-30(25-10-8-24(9-11-25)5-4-17-48-36-32(39)15-14-31(38)35(36)40)34(33(22-42)41-26)37(45)43(27-12-13-27)16-18-47-29-7-3-6-28(20-29)46-2/h3,6-11,14-15,20,26-27,33,41H,4-5,12-13,16-19,21-22H2,1-2H3/t26-,33-/m1/s1. The number of ether oxygens (including phenoxy) is 3. The number of methoxy groups -OCH3 is 1. The highest BCUT2D eigenvalue weighted by atomic mass is 19.2. The molecule has 2 fully saturated rings. The summed E-state index contributed by atoms with van der Waals surface area (Å²) >= 11 is 0. The monoisotopic (exact) mass is 663 g/mol. The Kier molecular flexibility index (Phi) is 10.2. The lowest BCUT2D eigenvalue weighted by atomic mass is 9.82. The molecule has 254 valence electrons. The third-order valence-electron chi connectivity index (χ3n) is 9.13. The van der Waals surface area contributed by atoms with Gasteiger partial charge in [0.05, 0.1) is 26.3 Å². The summed E-state index contributed by atoms with van der Waals surface area (Å²) in [6.45, 7) is 3.32. The maximum absolute atomic E-state index is 14.5. The molecule has 2 heterocycles. The Balaban J connectivity index is 1.18. The maximum atomic E-state index is 14.5. The second kappa shape index (κ2) is 14.7. The van der Waals surface area contributed by atoms with Crippen LogP contribution in [-0.4, -0.2) is 79.7 Å². The van der Waals surface area contributed by atoms with Crippen molar-refractivity contribution in [3.63, 3.8) is 0 Å². The van der Waals surface area contributed by atoms with Crippen LogP contribution < -0.4 is 19.5 Å². The lowest BCUT2D eigenvalue weighted by Gasteiger charge is -2.44. The summed E-state index contributed by atoms with van der Waals surface area (Å²) in [7, 11) is 1.60. The Bertz CT molecular complexity index is 1680. The van der Waals surface area contributed by atoms with Crippen molar-refractivity contribution in [2.45, 2.75) is 57.2 Å². The summed E-state index contributed by atoms with van der Waals surface area (Å²) in [5.74, 6) is -2.83. The van der Waals surface area contributed by atoms with Gasteiger partial charge in [0.25, 0.3) is 5.91 Å². The lowest BCUT2D eigenvalue weighted by Crippen LogP contribution is -2.62. The first kappa shape index (κ1) is 33.4. The third-order valence-corrected chi connectivity index (χ3v) is 9.13. The van der Waals surface area contributed by atoms with Gasteiger partial charge in [0, 0.05) is 43.7 Å². The molecule has 48 heavy (non-hydrogen) atoms. The van der Waals surface area contributed by atoms with Crippen LogP contribution in [0.1, 0.15) is 43.7 Å². The van der Waals surface area contributed by atoms with Gasteiger partial charge in [-0.2, -0.15) is 4.39 Å². The molecule has 2 bridgehead atoms. The lowest BCUT2D eigenvalue weighted by molar-refractivity contribution is -0.132. The fourth-order valence-corrected chi connectivity index (χ4v) is 6.53. The summed E-state index contributed by atoms with van der Waals surface area (Å²) < 4.78 is 57.8. The molecule has 3 aromatic carbocycles. The number of halogens is 3. The van der Waals surface area contributed by atoms with E-state index in [2.05, 4.69) is 5.32 Å². The number of fused-ring (bicyclic) bond motifs is 2. The quantitative estimate of drug-likeness (QED) is 0.191. The minimum Gasteiger partial charge on any atom is -0.497 e. The van der Waals surface area contributed by atoms with Crippen molar-refractivity contribution in [1.29, 1.82) is 0 Å². The van der Waals surface area contributed by atoms with Gasteiger partial charge in [-0.25, -0.2) is 8.78 Å². The van der Waals surface area contributed by atoms with Gasteiger partial charge in [-0.3, -0.25) is 9.59 Å². The van der Waals surface area contributed by atoms with E-state index < -0.39 is 23.2 Å². The molecule has 1 N–H and O–H groups in total. The SMILES string of the molecule is COc1cccc(OCCN(C(=O)C2=C(c3ccc(CCCOc4c(F)ccc(F)c4F)cc3)C[C@@H]3CN(C(C)=O)C[C@H]2N3)C2CC2)c1. The van der Waals surface area contributed by atoms with Gasteiger partial charge in [-0.15, -0.1) is 0 Å². The molecule has 6 rings (SSSR count). The number of hydrogen-bond donors (Lipinski definition) is 1. The number of nitrogens with one attached hydrogen (secondary N) is 1. The van der Waals surface area contributed by atoms with Crippen LogP contribution in [-0.2, 0) is 16.0 Å². The molecule has 0 unspecified atom stereocenters. The van der Waals surface area contributed by atoms with Gasteiger partial charge in [-0.05, 0) is 73.1 Å². The van der Waals surface area contributed by atoms with Crippen molar-refractivity contribution < 1.29 is 37.0 Å². The van der Waals surface area contributed by atoms with Crippen molar-refractivity contribution in [1.82, 2.24) is 15.1 Å². The van der Waals surface area contributed by atoms with E-state index in [9.17, 15) is 22.8 Å². The molecule has 2 amide bonds. The summed E-state index contributed by atoms with van der Waals surface area (Å²) in [4.78, 5) is 30.6. The first-order chi connectivity index (χ1) is 23.2. The first-order valence-corrected chi connectivity index (χ1v) is 16.4. The van der Waals surface area contributed by atoms with Gasteiger partial charge in [0.15, 0.2) is 17.4 Å². The minimum atomic E-state index is -1.33. The molecule has 0 spiro atoms. The normalized spacial score (nSPS) is 18.8. The zero-order valence-corrected chi connectivity index (χ0v) is 27.1. The van der Waals surface area contributed by atoms with E-state index in [4.69, 9.17) is 14.2 Å². The Morgan fingerprint density at radius 2 is 1.69 bits per heavy atom. The summed E-state index contributed by atoms with van der Waals surface area (Å²) in [6, 6.07) is 16.8. The summed E-state index contributed by atoms with van der Waals surface area (Å²) in [5, 5.41) is 3.61. The molecule has 2 aliphatic heterocycles. The number of benzene rings is 3. The van der Waals surface area contributed by atoms with Crippen LogP contribution in [0.25, 0.3) is 5.57 Å². The summed E-state index contributed by atoms with van der Waals surface area (Å²) in [6.07, 6.45) is 3.50. The third kappa shape index (κ3) is 7.62. The highest BCUT2D eigenvalue weighted by molar-refractivity contribution is 6.03. The Labute approximate surface area is 278 Å². The number of rotatable bonds is 13. The smallest absolute Gasteiger partial charge is 0.252 e. The van der Waals surface area contributed by atoms with Crippen LogP contribution in [0.4, 0.5) is 13.2 Å². The second-order valence-electron chi connectivity index (χ2n) is 12.5. The topological polar surface area (TPSA) is 80.3 Å². The van der Waals surface area contributed by atoms with Gasteiger partial charge in [-0.1, -0.05) is 30.3 Å². The van der Waals surface area contributed by atoms with Crippen molar-refractivity contribution in [3.05, 3.63) is 94.8 Å².